The fraction of sp³-hybridized carbons (Fsp3) is 0.600. The highest BCUT2D eigenvalue weighted by molar-refractivity contribution is 5.93. The van der Waals surface area contributed by atoms with E-state index in [9.17, 15) is 4.79 Å². The minimum Gasteiger partial charge on any atom is -0.371 e. The Morgan fingerprint density at radius 3 is 2.96 bits per heavy atom. The van der Waals surface area contributed by atoms with Crippen LogP contribution in [0.25, 0.3) is 5.65 Å². The van der Waals surface area contributed by atoms with Gasteiger partial charge in [0, 0.05) is 25.5 Å². The van der Waals surface area contributed by atoms with Gasteiger partial charge in [-0.15, -0.1) is 0 Å². The van der Waals surface area contributed by atoms with Crippen LogP contribution in [0.1, 0.15) is 55.1 Å². The minimum absolute atomic E-state index is 0.0387. The van der Waals surface area contributed by atoms with Crippen LogP contribution in [0.3, 0.4) is 0 Å². The van der Waals surface area contributed by atoms with Crippen molar-refractivity contribution in [2.24, 2.45) is 5.92 Å². The van der Waals surface area contributed by atoms with E-state index < -0.39 is 0 Å². The standard InChI is InChI=1S/C20H27N3O2/c1-3-4-5-16-11-23(13-18(25-16)15-6-7-15)20(24)17-12-22-9-8-14(2)10-19(22)21-17/h8-10,12,15-16,18H,3-7,11,13H2,1-2H3/t16-,18-/m1/s1. The van der Waals surface area contributed by atoms with Gasteiger partial charge in [0.2, 0.25) is 0 Å². The lowest BCUT2D eigenvalue weighted by Gasteiger charge is -2.38. The van der Waals surface area contributed by atoms with E-state index in [1.54, 1.807) is 0 Å². The molecule has 0 spiro atoms. The van der Waals surface area contributed by atoms with Crippen LogP contribution in [0.5, 0.6) is 0 Å². The van der Waals surface area contributed by atoms with Gasteiger partial charge in [-0.3, -0.25) is 4.79 Å². The third kappa shape index (κ3) is 3.56. The van der Waals surface area contributed by atoms with E-state index in [1.807, 2.05) is 40.8 Å². The number of nitrogens with zero attached hydrogens (tertiary/aromatic N) is 3. The van der Waals surface area contributed by atoms with Gasteiger partial charge in [0.05, 0.1) is 12.2 Å². The number of carbonyl (C=O) groups excluding carboxylic acids is 1. The van der Waals surface area contributed by atoms with Crippen molar-refractivity contribution in [3.63, 3.8) is 0 Å². The van der Waals surface area contributed by atoms with E-state index in [1.165, 1.54) is 12.8 Å². The summed E-state index contributed by atoms with van der Waals surface area (Å²) in [5.74, 6) is 0.681. The molecule has 5 heteroatoms. The van der Waals surface area contributed by atoms with E-state index in [0.29, 0.717) is 24.7 Å². The largest absolute Gasteiger partial charge is 0.371 e. The lowest BCUT2D eigenvalue weighted by atomic mass is 10.1. The molecule has 2 aromatic rings. The molecule has 2 fully saturated rings. The molecule has 2 aromatic heterocycles. The van der Waals surface area contributed by atoms with Crippen molar-refractivity contribution in [2.75, 3.05) is 13.1 Å². The maximum Gasteiger partial charge on any atom is 0.274 e. The van der Waals surface area contributed by atoms with Gasteiger partial charge in [-0.2, -0.15) is 0 Å². The second kappa shape index (κ2) is 6.79. The predicted molar refractivity (Wildman–Crippen MR) is 96.7 cm³/mol. The number of unbranched alkanes of at least 4 members (excludes halogenated alkanes) is 1. The first kappa shape index (κ1) is 16.6. The molecule has 3 heterocycles. The second-order valence-corrected chi connectivity index (χ2v) is 7.58. The molecule has 5 nitrogen and oxygen atoms in total. The van der Waals surface area contributed by atoms with Crippen LogP contribution in [0.4, 0.5) is 0 Å². The first-order valence-electron chi connectivity index (χ1n) is 9.54. The number of fused-ring (bicyclic) bond motifs is 1. The molecule has 0 N–H and O–H groups in total. The van der Waals surface area contributed by atoms with Crippen LogP contribution in [0, 0.1) is 12.8 Å². The van der Waals surface area contributed by atoms with Crippen LogP contribution >= 0.6 is 0 Å². The first-order chi connectivity index (χ1) is 12.1. The SMILES string of the molecule is CCCC[C@@H]1CN(C(=O)c2cn3ccc(C)cc3n2)C[C@H](C2CC2)O1. The molecule has 134 valence electrons. The zero-order chi connectivity index (χ0) is 17.4. The van der Waals surface area contributed by atoms with Gasteiger partial charge in [0.15, 0.2) is 0 Å². The lowest BCUT2D eigenvalue weighted by Crippen LogP contribution is -2.50. The number of amides is 1. The average Bonchev–Trinajstić information content (AvgIpc) is 3.38. The quantitative estimate of drug-likeness (QED) is 0.837. The summed E-state index contributed by atoms with van der Waals surface area (Å²) in [4.78, 5) is 19.6. The molecule has 25 heavy (non-hydrogen) atoms. The van der Waals surface area contributed by atoms with Crippen molar-refractivity contribution in [2.45, 2.75) is 58.2 Å². The van der Waals surface area contributed by atoms with Crippen molar-refractivity contribution in [3.05, 3.63) is 35.8 Å². The zero-order valence-corrected chi connectivity index (χ0v) is 15.1. The smallest absolute Gasteiger partial charge is 0.274 e. The Hall–Kier alpha value is -1.88. The summed E-state index contributed by atoms with van der Waals surface area (Å²) >= 11 is 0. The van der Waals surface area contributed by atoms with Crippen molar-refractivity contribution in [1.29, 1.82) is 0 Å². The second-order valence-electron chi connectivity index (χ2n) is 7.58. The van der Waals surface area contributed by atoms with Crippen molar-refractivity contribution >= 4 is 11.6 Å². The Morgan fingerprint density at radius 2 is 2.20 bits per heavy atom. The number of hydrogen-bond acceptors (Lipinski definition) is 3. The number of rotatable bonds is 5. The molecule has 1 saturated heterocycles. The maximum absolute atomic E-state index is 13.1. The zero-order valence-electron chi connectivity index (χ0n) is 15.1. The Balaban J connectivity index is 1.53. The molecular weight excluding hydrogens is 314 g/mol. The number of hydrogen-bond donors (Lipinski definition) is 0. The molecule has 0 aromatic carbocycles. The number of morpholine rings is 1. The maximum atomic E-state index is 13.1. The van der Waals surface area contributed by atoms with Gasteiger partial charge in [0.25, 0.3) is 5.91 Å². The fourth-order valence-electron chi connectivity index (χ4n) is 3.70. The number of aromatic nitrogens is 2. The van der Waals surface area contributed by atoms with Gasteiger partial charge in [0.1, 0.15) is 11.3 Å². The number of ether oxygens (including phenoxy) is 1. The molecule has 0 bridgehead atoms. The summed E-state index contributed by atoms with van der Waals surface area (Å²) in [6, 6.07) is 4.04. The number of carbonyl (C=O) groups is 1. The van der Waals surface area contributed by atoms with Gasteiger partial charge in [-0.05, 0) is 49.8 Å². The summed E-state index contributed by atoms with van der Waals surface area (Å²) in [5, 5.41) is 0. The summed E-state index contributed by atoms with van der Waals surface area (Å²) in [7, 11) is 0. The molecule has 1 amide bonds. The summed E-state index contributed by atoms with van der Waals surface area (Å²) < 4.78 is 8.21. The van der Waals surface area contributed by atoms with E-state index >= 15 is 0 Å². The average molecular weight is 341 g/mol. The molecule has 1 aliphatic heterocycles. The molecule has 1 aliphatic carbocycles. The van der Waals surface area contributed by atoms with Crippen LogP contribution < -0.4 is 0 Å². The van der Waals surface area contributed by atoms with Gasteiger partial charge in [-0.25, -0.2) is 4.98 Å². The Labute approximate surface area is 149 Å². The summed E-state index contributed by atoms with van der Waals surface area (Å²) in [5.41, 5.74) is 2.52. The minimum atomic E-state index is 0.0387. The van der Waals surface area contributed by atoms with Gasteiger partial charge < -0.3 is 14.0 Å². The molecule has 1 saturated carbocycles. The van der Waals surface area contributed by atoms with Gasteiger partial charge in [-0.1, -0.05) is 19.8 Å². The van der Waals surface area contributed by atoms with Crippen molar-refractivity contribution in [1.82, 2.24) is 14.3 Å². The number of aryl methyl sites for hydroxylation is 1. The fourth-order valence-corrected chi connectivity index (χ4v) is 3.70. The normalized spacial score (nSPS) is 24.0. The molecule has 4 rings (SSSR count). The Bertz CT molecular complexity index is 765. The van der Waals surface area contributed by atoms with E-state index in [4.69, 9.17) is 4.74 Å². The van der Waals surface area contributed by atoms with Gasteiger partial charge >= 0.3 is 0 Å². The molecule has 0 unspecified atom stereocenters. The third-order valence-corrected chi connectivity index (χ3v) is 5.34. The van der Waals surface area contributed by atoms with Crippen LogP contribution in [0.15, 0.2) is 24.5 Å². The summed E-state index contributed by atoms with van der Waals surface area (Å²) in [6.07, 6.45) is 10.0. The molecular formula is C20H27N3O2. The Kier molecular flexibility index (Phi) is 4.50. The van der Waals surface area contributed by atoms with Crippen LogP contribution in [-0.4, -0.2) is 45.5 Å². The number of pyridine rings is 1. The summed E-state index contributed by atoms with van der Waals surface area (Å²) in [6.45, 7) is 5.63. The van der Waals surface area contributed by atoms with Crippen molar-refractivity contribution in [3.8, 4) is 0 Å². The first-order valence-corrected chi connectivity index (χ1v) is 9.54. The predicted octanol–water partition coefficient (Wildman–Crippen LogP) is 3.45. The van der Waals surface area contributed by atoms with Crippen LogP contribution in [0.2, 0.25) is 0 Å². The lowest BCUT2D eigenvalue weighted by molar-refractivity contribution is -0.0875. The van der Waals surface area contributed by atoms with E-state index in [0.717, 1.165) is 30.5 Å². The van der Waals surface area contributed by atoms with Crippen LogP contribution in [-0.2, 0) is 4.74 Å². The Morgan fingerprint density at radius 1 is 1.36 bits per heavy atom. The highest BCUT2D eigenvalue weighted by Gasteiger charge is 2.39. The highest BCUT2D eigenvalue weighted by Crippen LogP contribution is 2.37. The topological polar surface area (TPSA) is 46.8 Å². The molecule has 2 atom stereocenters. The monoisotopic (exact) mass is 341 g/mol. The third-order valence-electron chi connectivity index (χ3n) is 5.34. The van der Waals surface area contributed by atoms with E-state index in [2.05, 4.69) is 11.9 Å². The van der Waals surface area contributed by atoms with E-state index in [-0.39, 0.29) is 18.1 Å². The molecule has 2 aliphatic rings. The highest BCUT2D eigenvalue weighted by atomic mass is 16.5. The molecule has 0 radical (unpaired) electrons. The van der Waals surface area contributed by atoms with Crippen molar-refractivity contribution < 1.29 is 9.53 Å². The number of imidazole rings is 1.